The van der Waals surface area contributed by atoms with Crippen LogP contribution in [-0.2, 0) is 4.79 Å². The van der Waals surface area contributed by atoms with Crippen LogP contribution in [0.5, 0.6) is 5.75 Å². The number of hydrogen-bond donors (Lipinski definition) is 3. The van der Waals surface area contributed by atoms with E-state index in [-0.39, 0.29) is 28.9 Å². The number of carbonyl (C=O) groups excluding carboxylic acids is 2. The molecule has 3 N–H and O–H groups in total. The first-order valence-corrected chi connectivity index (χ1v) is 8.55. The number of nitrogens with one attached hydrogen (secondary N) is 2. The molecule has 0 aliphatic rings. The number of amides is 2. The zero-order valence-corrected chi connectivity index (χ0v) is 16.1. The molecule has 1 atom stereocenters. The molecule has 2 aromatic rings. The molecule has 168 valence electrons. The summed E-state index contributed by atoms with van der Waals surface area (Å²) in [5.74, 6) is -3.04. The normalized spacial score (nSPS) is 13.8. The van der Waals surface area contributed by atoms with Crippen molar-refractivity contribution in [3.05, 3.63) is 53.1 Å². The van der Waals surface area contributed by atoms with Crippen molar-refractivity contribution < 1.29 is 45.8 Å². The van der Waals surface area contributed by atoms with Crippen LogP contribution in [0, 0.1) is 0 Å². The van der Waals surface area contributed by atoms with Crippen LogP contribution < -0.4 is 15.4 Å². The topological polar surface area (TPSA) is 87.7 Å². The Morgan fingerprint density at radius 1 is 0.935 bits per heavy atom. The summed E-state index contributed by atoms with van der Waals surface area (Å²) in [7, 11) is 0. The number of hydrogen-bond acceptors (Lipinski definition) is 4. The molecule has 0 aliphatic carbocycles. The number of aliphatic hydroxyl groups is 1. The van der Waals surface area contributed by atoms with E-state index in [0.29, 0.717) is 0 Å². The van der Waals surface area contributed by atoms with E-state index in [2.05, 4.69) is 10.1 Å². The molecule has 0 aromatic heterocycles. The number of anilines is 2. The number of benzene rings is 2. The molecule has 0 spiro atoms. The molecule has 0 saturated heterocycles. The SMILES string of the molecule is CC(O)(C(=O)Nc1ccc(C(=O)Nc2ccc(OC(F)(F)F)cc2)c(Cl)c1)C(F)(F)F. The van der Waals surface area contributed by atoms with Crippen molar-refractivity contribution in [3.8, 4) is 5.75 Å². The first-order valence-electron chi connectivity index (χ1n) is 8.17. The Bertz CT molecular complexity index is 974. The molecule has 1 unspecified atom stereocenters. The minimum atomic E-state index is -5.22. The van der Waals surface area contributed by atoms with Gasteiger partial charge in [-0.15, -0.1) is 13.2 Å². The van der Waals surface area contributed by atoms with E-state index in [0.717, 1.165) is 42.5 Å². The van der Waals surface area contributed by atoms with Crippen molar-refractivity contribution in [3.63, 3.8) is 0 Å². The highest BCUT2D eigenvalue weighted by atomic mass is 35.5. The van der Waals surface area contributed by atoms with Crippen molar-refractivity contribution in [2.24, 2.45) is 0 Å². The van der Waals surface area contributed by atoms with Crippen LogP contribution in [0.25, 0.3) is 0 Å². The van der Waals surface area contributed by atoms with Gasteiger partial charge in [-0.3, -0.25) is 9.59 Å². The second-order valence-electron chi connectivity index (χ2n) is 6.25. The fourth-order valence-corrected chi connectivity index (χ4v) is 2.36. The molecule has 6 nitrogen and oxygen atoms in total. The third-order valence-corrected chi connectivity index (χ3v) is 4.12. The zero-order chi connectivity index (χ0) is 23.6. The van der Waals surface area contributed by atoms with Gasteiger partial charge in [-0.25, -0.2) is 0 Å². The van der Waals surface area contributed by atoms with Gasteiger partial charge in [0, 0.05) is 11.4 Å². The standard InChI is InChI=1S/C18H13ClF6N2O4/c1-16(30,17(20,21)22)15(29)27-10-4-7-12(13(19)8-10)14(28)26-9-2-5-11(6-3-9)31-18(23,24)25/h2-8,30H,1H3,(H,26,28)(H,27,29). The van der Waals surface area contributed by atoms with E-state index in [1.165, 1.54) is 0 Å². The largest absolute Gasteiger partial charge is 0.573 e. The molecule has 0 aliphatic heterocycles. The number of ether oxygens (including phenoxy) is 1. The predicted molar refractivity (Wildman–Crippen MR) is 97.8 cm³/mol. The minimum Gasteiger partial charge on any atom is -0.406 e. The van der Waals surface area contributed by atoms with Crippen molar-refractivity contribution in [1.82, 2.24) is 0 Å². The molecule has 31 heavy (non-hydrogen) atoms. The molecule has 2 rings (SSSR count). The Balaban J connectivity index is 2.09. The van der Waals surface area contributed by atoms with E-state index >= 15 is 0 Å². The van der Waals surface area contributed by atoms with Gasteiger partial charge in [0.05, 0.1) is 10.6 Å². The summed E-state index contributed by atoms with van der Waals surface area (Å²) in [5, 5.41) is 13.3. The summed E-state index contributed by atoms with van der Waals surface area (Å²) in [5.41, 5.74) is -3.91. The van der Waals surface area contributed by atoms with Crippen LogP contribution in [0.3, 0.4) is 0 Å². The monoisotopic (exact) mass is 470 g/mol. The molecule has 0 fully saturated rings. The number of carbonyl (C=O) groups is 2. The van der Waals surface area contributed by atoms with Crippen molar-refractivity contribution in [2.75, 3.05) is 10.6 Å². The highest BCUT2D eigenvalue weighted by molar-refractivity contribution is 6.34. The molecule has 2 aromatic carbocycles. The van der Waals surface area contributed by atoms with E-state index in [1.807, 2.05) is 5.32 Å². The van der Waals surface area contributed by atoms with Gasteiger partial charge >= 0.3 is 12.5 Å². The molecule has 0 saturated carbocycles. The van der Waals surface area contributed by atoms with Gasteiger partial charge in [-0.1, -0.05) is 11.6 Å². The Hall–Kier alpha value is -2.99. The Kier molecular flexibility index (Phi) is 6.76. The molecule has 0 heterocycles. The fraction of sp³-hybridized carbons (Fsp3) is 0.222. The number of alkyl halides is 6. The first-order chi connectivity index (χ1) is 14.1. The van der Waals surface area contributed by atoms with Gasteiger partial charge < -0.3 is 20.5 Å². The second-order valence-corrected chi connectivity index (χ2v) is 6.65. The maximum atomic E-state index is 12.7. The van der Waals surface area contributed by atoms with Gasteiger partial charge in [0.1, 0.15) is 5.75 Å². The van der Waals surface area contributed by atoms with E-state index in [9.17, 15) is 41.0 Å². The van der Waals surface area contributed by atoms with E-state index in [4.69, 9.17) is 11.6 Å². The van der Waals surface area contributed by atoms with Crippen molar-refractivity contribution in [1.29, 1.82) is 0 Å². The van der Waals surface area contributed by atoms with Crippen molar-refractivity contribution >= 4 is 34.8 Å². The van der Waals surface area contributed by atoms with E-state index in [1.54, 1.807) is 0 Å². The first kappa shape index (κ1) is 24.3. The third-order valence-electron chi connectivity index (χ3n) is 3.81. The van der Waals surface area contributed by atoms with Crippen molar-refractivity contribution in [2.45, 2.75) is 25.1 Å². The number of halogens is 7. The lowest BCUT2D eigenvalue weighted by molar-refractivity contribution is -0.274. The van der Waals surface area contributed by atoms with Crippen LogP contribution in [0.4, 0.5) is 37.7 Å². The molecule has 0 bridgehead atoms. The smallest absolute Gasteiger partial charge is 0.406 e. The van der Waals surface area contributed by atoms with Gasteiger partial charge in [0.25, 0.3) is 11.8 Å². The summed E-state index contributed by atoms with van der Waals surface area (Å²) in [6.45, 7) is 0.275. The van der Waals surface area contributed by atoms with Gasteiger partial charge in [-0.05, 0) is 49.4 Å². The lowest BCUT2D eigenvalue weighted by Crippen LogP contribution is -2.52. The Morgan fingerprint density at radius 2 is 1.48 bits per heavy atom. The van der Waals surface area contributed by atoms with Gasteiger partial charge in [-0.2, -0.15) is 13.2 Å². The summed E-state index contributed by atoms with van der Waals surface area (Å²) >= 11 is 5.93. The van der Waals surface area contributed by atoms with Crippen LogP contribution in [0.2, 0.25) is 5.02 Å². The zero-order valence-electron chi connectivity index (χ0n) is 15.4. The maximum Gasteiger partial charge on any atom is 0.573 e. The summed E-state index contributed by atoms with van der Waals surface area (Å²) < 4.78 is 78.2. The van der Waals surface area contributed by atoms with E-state index < -0.39 is 35.7 Å². The van der Waals surface area contributed by atoms with Crippen LogP contribution in [0.15, 0.2) is 42.5 Å². The van der Waals surface area contributed by atoms with Crippen LogP contribution in [0.1, 0.15) is 17.3 Å². The highest BCUT2D eigenvalue weighted by Gasteiger charge is 2.55. The lowest BCUT2D eigenvalue weighted by Gasteiger charge is -2.24. The Morgan fingerprint density at radius 3 is 1.97 bits per heavy atom. The molecule has 0 radical (unpaired) electrons. The highest BCUT2D eigenvalue weighted by Crippen LogP contribution is 2.32. The van der Waals surface area contributed by atoms with Gasteiger partial charge in [0.15, 0.2) is 0 Å². The lowest BCUT2D eigenvalue weighted by atomic mass is 10.1. The molecular weight excluding hydrogens is 458 g/mol. The van der Waals surface area contributed by atoms with Gasteiger partial charge in [0.2, 0.25) is 5.60 Å². The summed E-state index contributed by atoms with van der Waals surface area (Å²) in [6, 6.07) is 7.37. The molecule has 2 amide bonds. The third kappa shape index (κ3) is 6.25. The fourth-order valence-electron chi connectivity index (χ4n) is 2.10. The average molecular weight is 471 g/mol. The van der Waals surface area contributed by atoms with Crippen LogP contribution in [-0.4, -0.2) is 35.1 Å². The number of rotatable bonds is 5. The minimum absolute atomic E-state index is 0.106. The predicted octanol–water partition coefficient (Wildman–Crippen LogP) is 4.74. The quantitative estimate of drug-likeness (QED) is 0.551. The molecule has 13 heteroatoms. The van der Waals surface area contributed by atoms with Crippen LogP contribution >= 0.6 is 11.6 Å². The maximum absolute atomic E-state index is 12.7. The summed E-state index contributed by atoms with van der Waals surface area (Å²) in [6.07, 6.45) is -10.1. The average Bonchev–Trinajstić information content (AvgIpc) is 2.61. The molecular formula is C18H13ClF6N2O4. The Labute approximate surface area is 175 Å². The second kappa shape index (κ2) is 8.63. The summed E-state index contributed by atoms with van der Waals surface area (Å²) in [4.78, 5) is 24.0.